The number of carbonyl (C=O) groups excluding carboxylic acids is 1. The van der Waals surface area contributed by atoms with Crippen molar-refractivity contribution in [3.05, 3.63) is 52.5 Å². The third-order valence-electron chi connectivity index (χ3n) is 3.67. The molecular formula is C15H15Cl2N3O. The minimum absolute atomic E-state index is 0.0299. The van der Waals surface area contributed by atoms with E-state index in [2.05, 4.69) is 10.3 Å². The smallest absolute Gasteiger partial charge is 0.223 e. The zero-order valence-electron chi connectivity index (χ0n) is 11.3. The Morgan fingerprint density at radius 3 is 2.76 bits per heavy atom. The number of benzene rings is 1. The van der Waals surface area contributed by atoms with E-state index in [1.807, 2.05) is 22.9 Å². The van der Waals surface area contributed by atoms with Crippen LogP contribution in [0, 0.1) is 5.92 Å². The first-order valence-corrected chi connectivity index (χ1v) is 7.58. The molecule has 0 saturated heterocycles. The fraction of sp³-hybridized carbons (Fsp3) is 0.333. The van der Waals surface area contributed by atoms with Crippen LogP contribution >= 0.6 is 23.2 Å². The summed E-state index contributed by atoms with van der Waals surface area (Å²) in [6.07, 6.45) is 6.19. The normalized spacial score (nSPS) is 20.3. The third kappa shape index (κ3) is 3.57. The minimum atomic E-state index is 0.0299. The van der Waals surface area contributed by atoms with Crippen molar-refractivity contribution in [3.63, 3.8) is 0 Å². The van der Waals surface area contributed by atoms with Gasteiger partial charge in [0.05, 0.1) is 6.33 Å². The molecule has 0 unspecified atom stereocenters. The van der Waals surface area contributed by atoms with E-state index in [9.17, 15) is 4.79 Å². The fourth-order valence-corrected chi connectivity index (χ4v) is 3.04. The molecule has 1 N–H and O–H groups in total. The molecule has 1 aliphatic rings. The molecule has 2 atom stereocenters. The topological polar surface area (TPSA) is 46.9 Å². The van der Waals surface area contributed by atoms with Crippen LogP contribution in [0.4, 0.5) is 0 Å². The molecule has 1 amide bonds. The van der Waals surface area contributed by atoms with Crippen molar-refractivity contribution in [1.29, 1.82) is 0 Å². The van der Waals surface area contributed by atoms with Crippen LogP contribution in [-0.2, 0) is 11.3 Å². The standard InChI is InChI=1S/C15H15Cl2N3O/c16-11-5-10(6-12(17)7-11)13-8-14(13)15(21)19-2-4-20-3-1-18-9-20/h1,3,5-7,9,13-14H,2,4,8H2,(H,19,21)/t13-,14-/m1/s1. The number of rotatable bonds is 5. The Hall–Kier alpha value is -1.52. The second kappa shape index (κ2) is 6.08. The van der Waals surface area contributed by atoms with Crippen molar-refractivity contribution in [2.45, 2.75) is 18.9 Å². The van der Waals surface area contributed by atoms with Crippen LogP contribution in [0.2, 0.25) is 10.0 Å². The van der Waals surface area contributed by atoms with Crippen molar-refractivity contribution in [2.24, 2.45) is 5.92 Å². The van der Waals surface area contributed by atoms with Gasteiger partial charge >= 0.3 is 0 Å². The number of amides is 1. The zero-order chi connectivity index (χ0) is 14.8. The second-order valence-electron chi connectivity index (χ2n) is 5.24. The first-order valence-electron chi connectivity index (χ1n) is 6.83. The molecule has 2 aromatic rings. The van der Waals surface area contributed by atoms with E-state index in [1.54, 1.807) is 18.6 Å². The van der Waals surface area contributed by atoms with Crippen molar-refractivity contribution in [1.82, 2.24) is 14.9 Å². The van der Waals surface area contributed by atoms with Crippen LogP contribution in [-0.4, -0.2) is 22.0 Å². The molecule has 4 nitrogen and oxygen atoms in total. The summed E-state index contributed by atoms with van der Waals surface area (Å²) in [5.41, 5.74) is 1.04. The second-order valence-corrected chi connectivity index (χ2v) is 6.12. The van der Waals surface area contributed by atoms with Crippen LogP contribution in [0.25, 0.3) is 0 Å². The maximum Gasteiger partial charge on any atom is 0.223 e. The first kappa shape index (κ1) is 14.4. The summed E-state index contributed by atoms with van der Waals surface area (Å²) < 4.78 is 1.93. The Balaban J connectivity index is 1.51. The molecule has 0 radical (unpaired) electrons. The quantitative estimate of drug-likeness (QED) is 0.919. The Labute approximate surface area is 133 Å². The Morgan fingerprint density at radius 2 is 2.10 bits per heavy atom. The van der Waals surface area contributed by atoms with E-state index in [-0.39, 0.29) is 17.7 Å². The van der Waals surface area contributed by atoms with Crippen LogP contribution in [0.1, 0.15) is 17.9 Å². The Bertz CT molecular complexity index is 622. The molecule has 0 spiro atoms. The lowest BCUT2D eigenvalue weighted by Gasteiger charge is -2.06. The van der Waals surface area contributed by atoms with Gasteiger partial charge in [0.1, 0.15) is 0 Å². The van der Waals surface area contributed by atoms with Crippen LogP contribution in [0.3, 0.4) is 0 Å². The van der Waals surface area contributed by atoms with Crippen molar-refractivity contribution < 1.29 is 4.79 Å². The minimum Gasteiger partial charge on any atom is -0.354 e. The lowest BCUT2D eigenvalue weighted by Crippen LogP contribution is -2.28. The molecule has 1 heterocycles. The maximum atomic E-state index is 12.1. The number of hydrogen-bond acceptors (Lipinski definition) is 2. The summed E-state index contributed by atoms with van der Waals surface area (Å²) in [6.45, 7) is 1.33. The van der Waals surface area contributed by atoms with Gasteiger partial charge in [0.25, 0.3) is 0 Å². The van der Waals surface area contributed by atoms with Gasteiger partial charge in [0.15, 0.2) is 0 Å². The van der Waals surface area contributed by atoms with E-state index in [1.165, 1.54) is 0 Å². The van der Waals surface area contributed by atoms with Gasteiger partial charge in [0.2, 0.25) is 5.91 Å². The summed E-state index contributed by atoms with van der Waals surface area (Å²) in [7, 11) is 0. The molecule has 1 aliphatic carbocycles. The summed E-state index contributed by atoms with van der Waals surface area (Å²) in [4.78, 5) is 16.0. The van der Waals surface area contributed by atoms with Gasteiger partial charge in [-0.15, -0.1) is 0 Å². The van der Waals surface area contributed by atoms with Crippen molar-refractivity contribution in [2.75, 3.05) is 6.54 Å². The Kier molecular flexibility index (Phi) is 4.17. The number of hydrogen-bond donors (Lipinski definition) is 1. The number of halogens is 2. The van der Waals surface area contributed by atoms with Gasteiger partial charge in [-0.05, 0) is 36.1 Å². The summed E-state index contributed by atoms with van der Waals surface area (Å²) in [6, 6.07) is 5.48. The number of nitrogens with zero attached hydrogens (tertiary/aromatic N) is 2. The van der Waals surface area contributed by atoms with E-state index < -0.39 is 0 Å². The highest BCUT2D eigenvalue weighted by atomic mass is 35.5. The molecule has 0 aliphatic heterocycles. The van der Waals surface area contributed by atoms with Crippen LogP contribution in [0.5, 0.6) is 0 Å². The number of nitrogens with one attached hydrogen (secondary N) is 1. The van der Waals surface area contributed by atoms with Crippen LogP contribution < -0.4 is 5.32 Å². The highest BCUT2D eigenvalue weighted by molar-refractivity contribution is 6.34. The molecule has 1 aromatic carbocycles. The van der Waals surface area contributed by atoms with Gasteiger partial charge < -0.3 is 9.88 Å². The van der Waals surface area contributed by atoms with Crippen LogP contribution in [0.15, 0.2) is 36.9 Å². The summed E-state index contributed by atoms with van der Waals surface area (Å²) >= 11 is 12.0. The molecule has 110 valence electrons. The van der Waals surface area contributed by atoms with E-state index in [0.717, 1.165) is 18.5 Å². The van der Waals surface area contributed by atoms with E-state index >= 15 is 0 Å². The van der Waals surface area contributed by atoms with E-state index in [4.69, 9.17) is 23.2 Å². The van der Waals surface area contributed by atoms with Gasteiger partial charge in [-0.2, -0.15) is 0 Å². The first-order chi connectivity index (χ1) is 10.1. The predicted molar refractivity (Wildman–Crippen MR) is 82.5 cm³/mol. The van der Waals surface area contributed by atoms with E-state index in [0.29, 0.717) is 16.6 Å². The maximum absolute atomic E-state index is 12.1. The summed E-state index contributed by atoms with van der Waals surface area (Å²) in [5.74, 6) is 0.355. The van der Waals surface area contributed by atoms with Gasteiger partial charge in [-0.3, -0.25) is 4.79 Å². The molecule has 1 aromatic heterocycles. The van der Waals surface area contributed by atoms with Gasteiger partial charge in [-0.25, -0.2) is 4.98 Å². The lowest BCUT2D eigenvalue weighted by atomic mass is 10.1. The number of carbonyl (C=O) groups is 1. The van der Waals surface area contributed by atoms with Gasteiger partial charge in [-0.1, -0.05) is 23.2 Å². The monoisotopic (exact) mass is 323 g/mol. The lowest BCUT2D eigenvalue weighted by molar-refractivity contribution is -0.122. The predicted octanol–water partition coefficient (Wildman–Crippen LogP) is 3.11. The van der Waals surface area contributed by atoms with Gasteiger partial charge in [0, 0.05) is 41.4 Å². The number of imidazole rings is 1. The molecule has 1 saturated carbocycles. The largest absolute Gasteiger partial charge is 0.354 e. The average Bonchev–Trinajstić information content (AvgIpc) is 3.08. The Morgan fingerprint density at radius 1 is 1.33 bits per heavy atom. The fourth-order valence-electron chi connectivity index (χ4n) is 2.50. The number of aromatic nitrogens is 2. The average molecular weight is 324 g/mol. The molecule has 1 fully saturated rings. The van der Waals surface area contributed by atoms with Crippen molar-refractivity contribution in [3.8, 4) is 0 Å². The zero-order valence-corrected chi connectivity index (χ0v) is 12.8. The molecule has 3 rings (SSSR count). The molecule has 0 bridgehead atoms. The van der Waals surface area contributed by atoms with Crippen molar-refractivity contribution >= 4 is 29.1 Å². The molecule has 6 heteroatoms. The summed E-state index contributed by atoms with van der Waals surface area (Å²) in [5, 5.41) is 4.19. The third-order valence-corrected chi connectivity index (χ3v) is 4.11. The highest BCUT2D eigenvalue weighted by Crippen LogP contribution is 2.48. The highest BCUT2D eigenvalue weighted by Gasteiger charge is 2.43. The molecule has 21 heavy (non-hydrogen) atoms. The molecular weight excluding hydrogens is 309 g/mol. The SMILES string of the molecule is O=C(NCCn1ccnc1)[C@@H]1C[C@@H]1c1cc(Cl)cc(Cl)c1.